The summed E-state index contributed by atoms with van der Waals surface area (Å²) in [5, 5.41) is 13.1. The molecular formula is C19H20N4OS. The van der Waals surface area contributed by atoms with Gasteiger partial charge in [0.05, 0.1) is 11.4 Å². The van der Waals surface area contributed by atoms with Gasteiger partial charge in [-0.15, -0.1) is 11.3 Å². The molecule has 25 heavy (non-hydrogen) atoms. The number of carbonyl (C=O) groups is 1. The molecule has 1 aliphatic rings. The highest BCUT2D eigenvalue weighted by Crippen LogP contribution is 2.26. The number of amides is 1. The van der Waals surface area contributed by atoms with Crippen LogP contribution in [0.5, 0.6) is 0 Å². The number of rotatable bonds is 6. The van der Waals surface area contributed by atoms with Gasteiger partial charge >= 0.3 is 0 Å². The Morgan fingerprint density at radius 2 is 2.12 bits per heavy atom. The highest BCUT2D eigenvalue weighted by molar-refractivity contribution is 7.13. The maximum atomic E-state index is 12.1. The van der Waals surface area contributed by atoms with E-state index in [9.17, 15) is 4.79 Å². The first-order valence-electron chi connectivity index (χ1n) is 8.50. The van der Waals surface area contributed by atoms with Crippen molar-refractivity contribution in [3.8, 4) is 10.6 Å². The Kier molecular flexibility index (Phi) is 4.63. The largest absolute Gasteiger partial charge is 0.347 e. The molecule has 0 aliphatic carbocycles. The monoisotopic (exact) mass is 352 g/mol. The minimum Gasteiger partial charge on any atom is -0.347 e. The summed E-state index contributed by atoms with van der Waals surface area (Å²) >= 11 is 1.63. The maximum absolute atomic E-state index is 12.1. The summed E-state index contributed by atoms with van der Waals surface area (Å²) in [6, 6.07) is 16.4. The molecular weight excluding hydrogens is 332 g/mol. The Morgan fingerprint density at radius 3 is 2.92 bits per heavy atom. The fraction of sp³-hybridized carbons (Fsp3) is 0.263. The topological polar surface area (TPSA) is 59.0 Å². The second kappa shape index (κ2) is 7.21. The van der Waals surface area contributed by atoms with Gasteiger partial charge in [-0.05, 0) is 42.5 Å². The second-order valence-electron chi connectivity index (χ2n) is 6.11. The van der Waals surface area contributed by atoms with Crippen LogP contribution in [0.15, 0.2) is 53.9 Å². The van der Waals surface area contributed by atoms with Crippen molar-refractivity contribution in [2.45, 2.75) is 19.0 Å². The van der Waals surface area contributed by atoms with E-state index in [0.29, 0.717) is 12.2 Å². The van der Waals surface area contributed by atoms with Crippen molar-refractivity contribution in [3.05, 3.63) is 65.2 Å². The smallest absolute Gasteiger partial charge is 0.269 e. The number of aromatic nitrogens is 2. The van der Waals surface area contributed by atoms with Crippen LogP contribution >= 0.6 is 11.3 Å². The molecule has 5 nitrogen and oxygen atoms in total. The van der Waals surface area contributed by atoms with Crippen molar-refractivity contribution >= 4 is 17.2 Å². The Morgan fingerprint density at radius 1 is 1.24 bits per heavy atom. The van der Waals surface area contributed by atoms with Crippen molar-refractivity contribution in [1.82, 2.24) is 20.4 Å². The molecule has 3 aromatic rings. The van der Waals surface area contributed by atoms with Crippen molar-refractivity contribution < 1.29 is 4.79 Å². The van der Waals surface area contributed by atoms with Crippen LogP contribution in [-0.4, -0.2) is 28.8 Å². The highest BCUT2D eigenvalue weighted by Gasteiger charge is 2.27. The number of benzene rings is 1. The predicted molar refractivity (Wildman–Crippen MR) is 99.7 cm³/mol. The fourth-order valence-corrected chi connectivity index (χ4v) is 3.76. The number of hydrogen-bond donors (Lipinski definition) is 2. The predicted octanol–water partition coefficient (Wildman–Crippen LogP) is 3.08. The van der Waals surface area contributed by atoms with Gasteiger partial charge in [0, 0.05) is 0 Å². The van der Waals surface area contributed by atoms with E-state index in [2.05, 4.69) is 40.0 Å². The normalized spacial score (nSPS) is 16.5. The van der Waals surface area contributed by atoms with E-state index < -0.39 is 0 Å². The van der Waals surface area contributed by atoms with Crippen LogP contribution in [0.2, 0.25) is 0 Å². The number of hydrogen-bond acceptors (Lipinski definition) is 4. The molecule has 128 valence electrons. The third-order valence-electron chi connectivity index (χ3n) is 4.36. The van der Waals surface area contributed by atoms with Gasteiger partial charge < -0.3 is 5.32 Å². The number of carbonyl (C=O) groups excluding carboxylic acids is 1. The Balaban J connectivity index is 1.42. The lowest BCUT2D eigenvalue weighted by atomic mass is 10.1. The maximum Gasteiger partial charge on any atom is 0.269 e. The van der Waals surface area contributed by atoms with Crippen LogP contribution in [0.1, 0.15) is 28.6 Å². The first kappa shape index (κ1) is 16.1. The average molecular weight is 352 g/mol. The lowest BCUT2D eigenvalue weighted by molar-refractivity contribution is 0.0900. The molecule has 2 aromatic heterocycles. The van der Waals surface area contributed by atoms with Gasteiger partial charge in [-0.1, -0.05) is 36.4 Å². The summed E-state index contributed by atoms with van der Waals surface area (Å²) in [7, 11) is 0. The Hall–Kier alpha value is -2.44. The zero-order valence-corrected chi connectivity index (χ0v) is 14.6. The number of fused-ring (bicyclic) bond motifs is 1. The lowest BCUT2D eigenvalue weighted by Gasteiger charge is -2.25. The average Bonchev–Trinajstić information content (AvgIpc) is 3.31. The highest BCUT2D eigenvalue weighted by atomic mass is 32.1. The molecule has 1 amide bonds. The van der Waals surface area contributed by atoms with Crippen LogP contribution in [0, 0.1) is 0 Å². The molecule has 0 spiro atoms. The standard InChI is InChI=1S/C19H20N4OS/c24-19-16-12-15(17-9-5-11-25-17)22-23(16)18(13-21-19)20-10-4-8-14-6-2-1-3-7-14/h1-3,5-7,9,11-12,18,20H,4,8,10,13H2,(H,21,24)/t18-/m1/s1. The van der Waals surface area contributed by atoms with Gasteiger partial charge in [0.2, 0.25) is 0 Å². The molecule has 0 fully saturated rings. The van der Waals surface area contributed by atoms with Crippen molar-refractivity contribution in [3.63, 3.8) is 0 Å². The third-order valence-corrected chi connectivity index (χ3v) is 5.25. The quantitative estimate of drug-likeness (QED) is 0.670. The van der Waals surface area contributed by atoms with Gasteiger partial charge in [0.15, 0.2) is 0 Å². The minimum atomic E-state index is -0.0577. The zero-order valence-electron chi connectivity index (χ0n) is 13.8. The van der Waals surface area contributed by atoms with E-state index in [1.807, 2.05) is 34.3 Å². The molecule has 1 atom stereocenters. The summed E-state index contributed by atoms with van der Waals surface area (Å²) in [6.07, 6.45) is 2.08. The number of nitrogens with zero attached hydrogens (tertiary/aromatic N) is 2. The minimum absolute atomic E-state index is 0.00261. The molecule has 6 heteroatoms. The van der Waals surface area contributed by atoms with E-state index in [1.54, 1.807) is 11.3 Å². The molecule has 0 unspecified atom stereocenters. The third kappa shape index (κ3) is 3.50. The van der Waals surface area contributed by atoms with Crippen molar-refractivity contribution in [1.29, 1.82) is 0 Å². The van der Waals surface area contributed by atoms with Gasteiger partial charge in [0.25, 0.3) is 5.91 Å². The molecule has 1 aromatic carbocycles. The number of nitrogens with one attached hydrogen (secondary N) is 2. The molecule has 0 saturated carbocycles. The van der Waals surface area contributed by atoms with Crippen LogP contribution in [0.3, 0.4) is 0 Å². The summed E-state index contributed by atoms with van der Waals surface area (Å²) < 4.78 is 1.83. The summed E-state index contributed by atoms with van der Waals surface area (Å²) in [5.74, 6) is -0.0577. The lowest BCUT2D eigenvalue weighted by Crippen LogP contribution is -2.45. The van der Waals surface area contributed by atoms with Crippen molar-refractivity contribution in [2.24, 2.45) is 0 Å². The van der Waals surface area contributed by atoms with E-state index in [0.717, 1.165) is 30.0 Å². The zero-order chi connectivity index (χ0) is 17.1. The Bertz CT molecular complexity index is 842. The molecule has 3 heterocycles. The Labute approximate surface area is 150 Å². The van der Waals surface area contributed by atoms with E-state index in [1.165, 1.54) is 5.56 Å². The molecule has 0 saturated heterocycles. The van der Waals surface area contributed by atoms with E-state index in [4.69, 9.17) is 0 Å². The second-order valence-corrected chi connectivity index (χ2v) is 7.05. The number of aryl methyl sites for hydroxylation is 1. The molecule has 2 N–H and O–H groups in total. The summed E-state index contributed by atoms with van der Waals surface area (Å²) in [4.78, 5) is 13.2. The summed E-state index contributed by atoms with van der Waals surface area (Å²) in [6.45, 7) is 1.44. The van der Waals surface area contributed by atoms with E-state index in [-0.39, 0.29) is 12.1 Å². The van der Waals surface area contributed by atoms with Crippen LogP contribution in [0.4, 0.5) is 0 Å². The SMILES string of the molecule is O=C1NC[C@H](NCCCc2ccccc2)n2nc(-c3cccs3)cc21. The van der Waals surface area contributed by atoms with Crippen LogP contribution in [-0.2, 0) is 6.42 Å². The van der Waals surface area contributed by atoms with Gasteiger partial charge in [-0.3, -0.25) is 10.1 Å². The molecule has 1 aliphatic heterocycles. The van der Waals surface area contributed by atoms with E-state index >= 15 is 0 Å². The first-order chi connectivity index (χ1) is 12.3. The first-order valence-corrected chi connectivity index (χ1v) is 9.38. The molecule has 0 radical (unpaired) electrons. The fourth-order valence-electron chi connectivity index (χ4n) is 3.08. The number of thiophene rings is 1. The van der Waals surface area contributed by atoms with Crippen LogP contribution in [0.25, 0.3) is 10.6 Å². The van der Waals surface area contributed by atoms with Crippen molar-refractivity contribution in [2.75, 3.05) is 13.1 Å². The molecule has 0 bridgehead atoms. The molecule has 4 rings (SSSR count). The van der Waals surface area contributed by atoms with Gasteiger partial charge in [0.1, 0.15) is 17.6 Å². The van der Waals surface area contributed by atoms with Gasteiger partial charge in [-0.2, -0.15) is 5.10 Å². The summed E-state index contributed by atoms with van der Waals surface area (Å²) in [5.41, 5.74) is 2.83. The van der Waals surface area contributed by atoms with Crippen LogP contribution < -0.4 is 10.6 Å². The van der Waals surface area contributed by atoms with Gasteiger partial charge in [-0.25, -0.2) is 4.68 Å².